The molecular formula is C25H37N5O2. The van der Waals surface area contributed by atoms with Gasteiger partial charge in [0.15, 0.2) is 0 Å². The summed E-state index contributed by atoms with van der Waals surface area (Å²) in [6.45, 7) is 9.94. The Balaban J connectivity index is 1.49. The maximum absolute atomic E-state index is 12.6. The van der Waals surface area contributed by atoms with Crippen molar-refractivity contribution in [1.82, 2.24) is 14.7 Å². The molecule has 32 heavy (non-hydrogen) atoms. The number of rotatable bonds is 9. The molecule has 0 aliphatic carbocycles. The molecule has 1 aromatic carbocycles. The van der Waals surface area contributed by atoms with E-state index in [-0.39, 0.29) is 6.03 Å². The van der Waals surface area contributed by atoms with E-state index in [1.165, 1.54) is 18.4 Å². The number of para-hydroxylation sites is 2. The molecule has 7 nitrogen and oxygen atoms in total. The highest BCUT2D eigenvalue weighted by Crippen LogP contribution is 2.27. The number of nitrogens with one attached hydrogen (secondary N) is 2. The second-order valence-electron chi connectivity index (χ2n) is 8.94. The normalized spacial score (nSPS) is 15.8. The maximum Gasteiger partial charge on any atom is 0.324 e. The highest BCUT2D eigenvalue weighted by atomic mass is 16.5. The summed E-state index contributed by atoms with van der Waals surface area (Å²) >= 11 is 0. The van der Waals surface area contributed by atoms with Crippen molar-refractivity contribution in [2.24, 2.45) is 5.92 Å². The van der Waals surface area contributed by atoms with Gasteiger partial charge in [0.1, 0.15) is 11.6 Å². The van der Waals surface area contributed by atoms with Gasteiger partial charge in [0.05, 0.1) is 25.0 Å². The third kappa shape index (κ3) is 6.85. The third-order valence-electron chi connectivity index (χ3n) is 5.95. The molecular weight excluding hydrogens is 402 g/mol. The van der Waals surface area contributed by atoms with E-state index in [0.717, 1.165) is 32.5 Å². The summed E-state index contributed by atoms with van der Waals surface area (Å²) in [5, 5.41) is 10.3. The number of allylic oxidation sites excluding steroid dienone is 2. The van der Waals surface area contributed by atoms with Crippen LogP contribution in [-0.4, -0.2) is 47.5 Å². The molecule has 1 fully saturated rings. The van der Waals surface area contributed by atoms with Gasteiger partial charge in [-0.2, -0.15) is 5.10 Å². The largest absolute Gasteiger partial charge is 0.495 e. The Labute approximate surface area is 191 Å². The molecule has 1 atom stereocenters. The van der Waals surface area contributed by atoms with Gasteiger partial charge < -0.3 is 15.0 Å². The summed E-state index contributed by atoms with van der Waals surface area (Å²) in [6, 6.07) is 9.19. The lowest BCUT2D eigenvalue weighted by Crippen LogP contribution is -2.38. The molecule has 2 N–H and O–H groups in total. The van der Waals surface area contributed by atoms with Crippen molar-refractivity contribution in [1.29, 1.82) is 0 Å². The Morgan fingerprint density at radius 3 is 2.69 bits per heavy atom. The van der Waals surface area contributed by atoms with Crippen LogP contribution in [0.25, 0.3) is 0 Å². The van der Waals surface area contributed by atoms with Gasteiger partial charge in [-0.15, -0.1) is 0 Å². The molecule has 3 rings (SSSR count). The Morgan fingerprint density at radius 2 is 1.97 bits per heavy atom. The first kappa shape index (κ1) is 23.9. The highest BCUT2D eigenvalue weighted by Gasteiger charge is 2.24. The summed E-state index contributed by atoms with van der Waals surface area (Å²) in [5.41, 5.74) is 2.03. The molecule has 2 heterocycles. The van der Waals surface area contributed by atoms with Crippen LogP contribution in [-0.2, 0) is 0 Å². The molecule has 174 valence electrons. The molecule has 0 bridgehead atoms. The molecule has 1 aliphatic heterocycles. The average molecular weight is 440 g/mol. The van der Waals surface area contributed by atoms with Crippen molar-refractivity contribution in [3.63, 3.8) is 0 Å². The lowest BCUT2D eigenvalue weighted by atomic mass is 10.0. The number of hydrogen-bond acceptors (Lipinski definition) is 4. The fourth-order valence-corrected chi connectivity index (χ4v) is 4.26. The van der Waals surface area contributed by atoms with Crippen LogP contribution in [0.4, 0.5) is 16.3 Å². The minimum Gasteiger partial charge on any atom is -0.495 e. The summed E-state index contributed by atoms with van der Waals surface area (Å²) in [7, 11) is 1.59. The number of benzene rings is 1. The lowest BCUT2D eigenvalue weighted by molar-refractivity contribution is 0.159. The van der Waals surface area contributed by atoms with Gasteiger partial charge in [0, 0.05) is 25.7 Å². The quantitative estimate of drug-likeness (QED) is 0.502. The lowest BCUT2D eigenvalue weighted by Gasteiger charge is -2.34. The van der Waals surface area contributed by atoms with Crippen LogP contribution in [0, 0.1) is 5.92 Å². The summed E-state index contributed by atoms with van der Waals surface area (Å²) < 4.78 is 7.26. The van der Waals surface area contributed by atoms with Crippen molar-refractivity contribution in [2.75, 3.05) is 37.4 Å². The van der Waals surface area contributed by atoms with Crippen LogP contribution < -0.4 is 15.4 Å². The van der Waals surface area contributed by atoms with E-state index in [1.54, 1.807) is 13.3 Å². The molecule has 1 aromatic heterocycles. The second kappa shape index (κ2) is 11.7. The van der Waals surface area contributed by atoms with Crippen molar-refractivity contribution >= 4 is 17.5 Å². The van der Waals surface area contributed by atoms with E-state index in [9.17, 15) is 4.79 Å². The van der Waals surface area contributed by atoms with E-state index in [2.05, 4.69) is 47.5 Å². The predicted molar refractivity (Wildman–Crippen MR) is 130 cm³/mol. The van der Waals surface area contributed by atoms with Gasteiger partial charge in [0.2, 0.25) is 0 Å². The number of amides is 2. The molecule has 1 aliphatic rings. The minimum absolute atomic E-state index is 0.295. The average Bonchev–Trinajstić information content (AvgIpc) is 3.22. The van der Waals surface area contributed by atoms with E-state index in [4.69, 9.17) is 4.74 Å². The zero-order valence-corrected chi connectivity index (χ0v) is 19.8. The Bertz CT molecular complexity index is 895. The zero-order chi connectivity index (χ0) is 22.9. The van der Waals surface area contributed by atoms with Gasteiger partial charge in [-0.05, 0) is 57.6 Å². The first-order valence-electron chi connectivity index (χ1n) is 11.6. The van der Waals surface area contributed by atoms with E-state index in [0.29, 0.717) is 29.2 Å². The molecule has 7 heteroatoms. The molecule has 2 amide bonds. The molecule has 0 spiro atoms. The monoisotopic (exact) mass is 439 g/mol. The SMILES string of the molecule is COc1ccccc1NC(=O)Nc1ccnn1C1CCN(CC(C)CCC=C(C)C)CC1. The third-order valence-corrected chi connectivity index (χ3v) is 5.95. The fraction of sp³-hybridized carbons (Fsp3) is 0.520. The van der Waals surface area contributed by atoms with Crippen LogP contribution in [0.1, 0.15) is 52.5 Å². The summed E-state index contributed by atoms with van der Waals surface area (Å²) in [4.78, 5) is 15.1. The summed E-state index contributed by atoms with van der Waals surface area (Å²) in [5.74, 6) is 2.03. The second-order valence-corrected chi connectivity index (χ2v) is 8.94. The number of urea groups is 1. The highest BCUT2D eigenvalue weighted by molar-refractivity contribution is 6.00. The number of methoxy groups -OCH3 is 1. The topological polar surface area (TPSA) is 71.4 Å². The van der Waals surface area contributed by atoms with Crippen molar-refractivity contribution in [3.05, 3.63) is 48.2 Å². The van der Waals surface area contributed by atoms with Crippen LogP contribution >= 0.6 is 0 Å². The van der Waals surface area contributed by atoms with Crippen LogP contribution in [0.2, 0.25) is 0 Å². The van der Waals surface area contributed by atoms with Crippen LogP contribution in [0.3, 0.4) is 0 Å². The first-order chi connectivity index (χ1) is 15.5. The Morgan fingerprint density at radius 1 is 1.22 bits per heavy atom. The van der Waals surface area contributed by atoms with Gasteiger partial charge in [-0.25, -0.2) is 9.48 Å². The van der Waals surface area contributed by atoms with Gasteiger partial charge >= 0.3 is 6.03 Å². The number of likely N-dealkylation sites (tertiary alicyclic amines) is 1. The fourth-order valence-electron chi connectivity index (χ4n) is 4.26. The molecule has 0 radical (unpaired) electrons. The van der Waals surface area contributed by atoms with E-state index >= 15 is 0 Å². The standard InChI is InChI=1S/C25H37N5O2/c1-19(2)8-7-9-20(3)18-29-16-13-21(14-17-29)30-24(12-15-26-30)28-25(31)27-22-10-5-6-11-23(22)32-4/h5-6,8,10-12,15,20-21H,7,9,13-14,16-18H2,1-4H3,(H2,27,28,31). The molecule has 1 saturated heterocycles. The van der Waals surface area contributed by atoms with Crippen molar-refractivity contribution < 1.29 is 9.53 Å². The number of aromatic nitrogens is 2. The van der Waals surface area contributed by atoms with E-state index < -0.39 is 0 Å². The Kier molecular flexibility index (Phi) is 8.73. The number of carbonyl (C=O) groups is 1. The van der Waals surface area contributed by atoms with E-state index in [1.807, 2.05) is 35.0 Å². The zero-order valence-electron chi connectivity index (χ0n) is 19.8. The molecule has 2 aromatic rings. The van der Waals surface area contributed by atoms with Crippen LogP contribution in [0.15, 0.2) is 48.2 Å². The number of ether oxygens (including phenoxy) is 1. The number of hydrogen-bond donors (Lipinski definition) is 2. The smallest absolute Gasteiger partial charge is 0.324 e. The number of anilines is 2. The maximum atomic E-state index is 12.6. The van der Waals surface area contributed by atoms with Gasteiger partial charge in [-0.3, -0.25) is 5.32 Å². The van der Waals surface area contributed by atoms with Crippen molar-refractivity contribution in [2.45, 2.75) is 52.5 Å². The Hall–Kier alpha value is -2.80. The molecule has 1 unspecified atom stereocenters. The van der Waals surface area contributed by atoms with Crippen molar-refractivity contribution in [3.8, 4) is 5.75 Å². The predicted octanol–water partition coefficient (Wildman–Crippen LogP) is 5.56. The number of piperidine rings is 1. The van der Waals surface area contributed by atoms with Gasteiger partial charge in [0.25, 0.3) is 0 Å². The first-order valence-corrected chi connectivity index (χ1v) is 11.6. The summed E-state index contributed by atoms with van der Waals surface area (Å²) in [6.07, 6.45) is 8.55. The minimum atomic E-state index is -0.307. The molecule has 0 saturated carbocycles. The number of carbonyl (C=O) groups excluding carboxylic acids is 1. The van der Waals surface area contributed by atoms with Gasteiger partial charge in [-0.1, -0.05) is 30.7 Å². The van der Waals surface area contributed by atoms with Crippen LogP contribution in [0.5, 0.6) is 5.75 Å². The number of nitrogens with zero attached hydrogens (tertiary/aromatic N) is 3.